The molecule has 6 heteroatoms. The second-order valence-corrected chi connectivity index (χ2v) is 6.44. The molecule has 1 aromatic heterocycles. The lowest BCUT2D eigenvalue weighted by molar-refractivity contribution is -0.116. The molecule has 0 bridgehead atoms. The maximum Gasteiger partial charge on any atom is 0.261 e. The number of nitrogens with zero attached hydrogens (tertiary/aromatic N) is 1. The summed E-state index contributed by atoms with van der Waals surface area (Å²) >= 11 is 1.69. The van der Waals surface area contributed by atoms with Crippen LogP contribution in [0.1, 0.15) is 38.4 Å². The minimum absolute atomic E-state index is 0.0911. The molecule has 3 amide bonds. The Bertz CT molecular complexity index is 768. The Kier molecular flexibility index (Phi) is 4.25. The molecule has 0 aliphatic carbocycles. The van der Waals surface area contributed by atoms with Crippen LogP contribution >= 0.6 is 11.3 Å². The van der Waals surface area contributed by atoms with E-state index in [1.54, 1.807) is 29.5 Å². The maximum absolute atomic E-state index is 12.0. The Morgan fingerprint density at radius 3 is 2.70 bits per heavy atom. The summed E-state index contributed by atoms with van der Waals surface area (Å²) in [6.45, 7) is 0. The molecule has 23 heavy (non-hydrogen) atoms. The third-order valence-corrected chi connectivity index (χ3v) is 4.72. The Hall–Kier alpha value is -2.47. The lowest BCUT2D eigenvalue weighted by Gasteiger charge is -2.06. The monoisotopic (exact) mass is 328 g/mol. The maximum atomic E-state index is 12.0. The van der Waals surface area contributed by atoms with Crippen LogP contribution in [-0.2, 0) is 11.2 Å². The summed E-state index contributed by atoms with van der Waals surface area (Å²) < 4.78 is 0. The fraction of sp³-hybridized carbons (Fsp3) is 0.235. The zero-order chi connectivity index (χ0) is 16.4. The highest BCUT2D eigenvalue weighted by atomic mass is 32.1. The van der Waals surface area contributed by atoms with Crippen molar-refractivity contribution in [2.24, 2.45) is 0 Å². The highest BCUT2D eigenvalue weighted by Gasteiger charge is 2.32. The second-order valence-electron chi connectivity index (χ2n) is 5.41. The molecule has 0 saturated carbocycles. The van der Waals surface area contributed by atoms with Crippen LogP contribution in [0.2, 0.25) is 0 Å². The summed E-state index contributed by atoms with van der Waals surface area (Å²) in [4.78, 5) is 38.1. The van der Waals surface area contributed by atoms with Crippen molar-refractivity contribution < 1.29 is 14.4 Å². The molecule has 1 aliphatic heterocycles. The van der Waals surface area contributed by atoms with Crippen molar-refractivity contribution in [2.75, 3.05) is 12.4 Å². The van der Waals surface area contributed by atoms with Gasteiger partial charge >= 0.3 is 0 Å². The first-order valence-corrected chi connectivity index (χ1v) is 8.23. The Morgan fingerprint density at radius 1 is 1.17 bits per heavy atom. The van der Waals surface area contributed by atoms with Crippen molar-refractivity contribution >= 4 is 34.7 Å². The minimum Gasteiger partial charge on any atom is -0.326 e. The molecule has 1 aliphatic rings. The smallest absolute Gasteiger partial charge is 0.261 e. The van der Waals surface area contributed by atoms with Crippen LogP contribution in [0.5, 0.6) is 0 Å². The predicted molar refractivity (Wildman–Crippen MR) is 88.8 cm³/mol. The van der Waals surface area contributed by atoms with Gasteiger partial charge in [0, 0.05) is 24.0 Å². The van der Waals surface area contributed by atoms with Crippen molar-refractivity contribution in [1.29, 1.82) is 0 Å². The molecule has 2 aromatic rings. The van der Waals surface area contributed by atoms with E-state index in [-0.39, 0.29) is 17.7 Å². The van der Waals surface area contributed by atoms with E-state index in [0.29, 0.717) is 23.2 Å². The first-order valence-electron chi connectivity index (χ1n) is 7.35. The highest BCUT2D eigenvalue weighted by Crippen LogP contribution is 2.24. The largest absolute Gasteiger partial charge is 0.326 e. The van der Waals surface area contributed by atoms with Gasteiger partial charge in [-0.2, -0.15) is 0 Å². The number of hydrogen-bond donors (Lipinski definition) is 1. The van der Waals surface area contributed by atoms with E-state index >= 15 is 0 Å². The van der Waals surface area contributed by atoms with Crippen LogP contribution in [0.15, 0.2) is 35.7 Å². The molecular formula is C17H16N2O3S. The minimum atomic E-state index is -0.334. The number of nitrogens with one attached hydrogen (secondary N) is 1. The molecule has 5 nitrogen and oxygen atoms in total. The van der Waals surface area contributed by atoms with Gasteiger partial charge < -0.3 is 5.32 Å². The number of imide groups is 1. The van der Waals surface area contributed by atoms with Crippen molar-refractivity contribution in [1.82, 2.24) is 4.90 Å². The summed E-state index contributed by atoms with van der Waals surface area (Å²) in [5, 5.41) is 4.81. The number of fused-ring (bicyclic) bond motifs is 1. The van der Waals surface area contributed by atoms with Crippen LogP contribution in [0.25, 0.3) is 0 Å². The highest BCUT2D eigenvalue weighted by molar-refractivity contribution is 7.09. The number of aryl methyl sites for hydroxylation is 1. The van der Waals surface area contributed by atoms with E-state index in [1.165, 1.54) is 11.9 Å². The standard InChI is InChI=1S/C17H16N2O3S/c1-19-16(21)13-8-7-11(10-14(13)17(19)22)18-15(20)6-2-4-12-5-3-9-23-12/h3,5,7-10H,2,4,6H2,1H3,(H,18,20). The van der Waals surface area contributed by atoms with E-state index in [2.05, 4.69) is 11.4 Å². The lowest BCUT2D eigenvalue weighted by atomic mass is 10.1. The molecule has 0 spiro atoms. The SMILES string of the molecule is CN1C(=O)c2ccc(NC(=O)CCCc3cccs3)cc2C1=O. The van der Waals surface area contributed by atoms with Crippen molar-refractivity contribution in [3.8, 4) is 0 Å². The number of thiophene rings is 1. The molecule has 1 N–H and O–H groups in total. The number of carbonyl (C=O) groups excluding carboxylic acids is 3. The average Bonchev–Trinajstić information content (AvgIpc) is 3.12. The Morgan fingerprint density at radius 2 is 1.96 bits per heavy atom. The van der Waals surface area contributed by atoms with Gasteiger partial charge in [-0.1, -0.05) is 6.07 Å². The van der Waals surface area contributed by atoms with Crippen molar-refractivity contribution in [3.63, 3.8) is 0 Å². The van der Waals surface area contributed by atoms with Gasteiger partial charge in [0.2, 0.25) is 5.91 Å². The number of hydrogen-bond acceptors (Lipinski definition) is 4. The molecule has 0 saturated heterocycles. The normalized spacial score (nSPS) is 13.3. The van der Waals surface area contributed by atoms with E-state index in [9.17, 15) is 14.4 Å². The summed E-state index contributed by atoms with van der Waals surface area (Å²) in [7, 11) is 1.45. The number of rotatable bonds is 5. The fourth-order valence-corrected chi connectivity index (χ4v) is 3.29. The zero-order valence-electron chi connectivity index (χ0n) is 12.7. The molecule has 0 atom stereocenters. The van der Waals surface area contributed by atoms with Gasteiger partial charge in [0.1, 0.15) is 0 Å². The number of benzene rings is 1. The zero-order valence-corrected chi connectivity index (χ0v) is 13.5. The Labute approximate surface area is 137 Å². The van der Waals surface area contributed by atoms with E-state index < -0.39 is 0 Å². The van der Waals surface area contributed by atoms with Crippen LogP contribution in [0.4, 0.5) is 5.69 Å². The third kappa shape index (κ3) is 3.17. The summed E-state index contributed by atoms with van der Waals surface area (Å²) in [6, 6.07) is 8.86. The van der Waals surface area contributed by atoms with Crippen molar-refractivity contribution in [2.45, 2.75) is 19.3 Å². The average molecular weight is 328 g/mol. The molecule has 118 valence electrons. The van der Waals surface area contributed by atoms with Crippen LogP contribution < -0.4 is 5.32 Å². The summed E-state index contributed by atoms with van der Waals surface area (Å²) in [6.07, 6.45) is 2.08. The fourth-order valence-electron chi connectivity index (χ4n) is 2.54. The molecular weight excluding hydrogens is 312 g/mol. The quantitative estimate of drug-likeness (QED) is 0.858. The number of anilines is 1. The molecule has 2 heterocycles. The summed E-state index contributed by atoms with van der Waals surface area (Å²) in [5.41, 5.74) is 1.27. The first-order chi connectivity index (χ1) is 11.1. The van der Waals surface area contributed by atoms with Gasteiger partial charge in [0.05, 0.1) is 11.1 Å². The van der Waals surface area contributed by atoms with Gasteiger partial charge in [0.15, 0.2) is 0 Å². The predicted octanol–water partition coefficient (Wildman–Crippen LogP) is 2.94. The first kappa shape index (κ1) is 15.4. The molecule has 0 fully saturated rings. The topological polar surface area (TPSA) is 66.5 Å². The van der Waals surface area contributed by atoms with E-state index in [4.69, 9.17) is 0 Å². The number of amides is 3. The molecule has 1 aromatic carbocycles. The van der Waals surface area contributed by atoms with E-state index in [0.717, 1.165) is 17.7 Å². The van der Waals surface area contributed by atoms with Crippen molar-refractivity contribution in [3.05, 3.63) is 51.7 Å². The van der Waals surface area contributed by atoms with Gasteiger partial charge in [0.25, 0.3) is 11.8 Å². The van der Waals surface area contributed by atoms with Gasteiger partial charge in [-0.3, -0.25) is 19.3 Å². The molecule has 3 rings (SSSR count). The van der Waals surface area contributed by atoms with Crippen LogP contribution in [-0.4, -0.2) is 29.7 Å². The van der Waals surface area contributed by atoms with E-state index in [1.807, 2.05) is 11.4 Å². The van der Waals surface area contributed by atoms with Crippen LogP contribution in [0, 0.1) is 0 Å². The lowest BCUT2D eigenvalue weighted by Crippen LogP contribution is -2.24. The Balaban J connectivity index is 1.59. The summed E-state index contributed by atoms with van der Waals surface area (Å²) in [5.74, 6) is -0.732. The molecule has 0 radical (unpaired) electrons. The third-order valence-electron chi connectivity index (χ3n) is 3.78. The second kappa shape index (κ2) is 6.34. The van der Waals surface area contributed by atoms with Gasteiger partial charge in [-0.05, 0) is 42.5 Å². The van der Waals surface area contributed by atoms with Crippen LogP contribution in [0.3, 0.4) is 0 Å². The van der Waals surface area contributed by atoms with Gasteiger partial charge in [-0.25, -0.2) is 0 Å². The van der Waals surface area contributed by atoms with Gasteiger partial charge in [-0.15, -0.1) is 11.3 Å². The number of carbonyl (C=O) groups is 3. The molecule has 0 unspecified atom stereocenters.